The van der Waals surface area contributed by atoms with Crippen LogP contribution in [-0.2, 0) is 4.79 Å². The number of nitrogens with one attached hydrogen (secondary N) is 1. The molecule has 1 saturated carbocycles. The average Bonchev–Trinajstić information content (AvgIpc) is 2.75. The first-order valence-electron chi connectivity index (χ1n) is 6.56. The lowest BCUT2D eigenvalue weighted by Crippen LogP contribution is -2.57. The molecule has 2 fully saturated rings. The van der Waals surface area contributed by atoms with Crippen LogP contribution >= 0.6 is 0 Å². The normalized spacial score (nSPS) is 30.3. The minimum Gasteiger partial charge on any atom is -0.338 e. The van der Waals surface area contributed by atoms with E-state index in [0.717, 1.165) is 12.5 Å². The molecule has 0 radical (unpaired) electrons. The number of carbonyl (C=O) groups is 1. The van der Waals surface area contributed by atoms with Gasteiger partial charge in [0, 0.05) is 12.6 Å². The summed E-state index contributed by atoms with van der Waals surface area (Å²) in [7, 11) is 1.87. The van der Waals surface area contributed by atoms with E-state index in [0.29, 0.717) is 6.04 Å². The fourth-order valence-corrected chi connectivity index (χ4v) is 3.17. The Bertz CT molecular complexity index is 275. The molecule has 0 spiro atoms. The summed E-state index contributed by atoms with van der Waals surface area (Å²) in [5.74, 6) is 1.07. The van der Waals surface area contributed by atoms with Crippen LogP contribution in [0.4, 0.5) is 0 Å². The highest BCUT2D eigenvalue weighted by molar-refractivity contribution is 5.85. The molecule has 0 bridgehead atoms. The van der Waals surface area contributed by atoms with Crippen LogP contribution in [0.3, 0.4) is 0 Å². The Morgan fingerprint density at radius 1 is 1.25 bits per heavy atom. The van der Waals surface area contributed by atoms with E-state index in [1.807, 2.05) is 20.9 Å². The summed E-state index contributed by atoms with van der Waals surface area (Å²) in [4.78, 5) is 14.6. The van der Waals surface area contributed by atoms with Gasteiger partial charge in [0.2, 0.25) is 5.91 Å². The maximum Gasteiger partial charge on any atom is 0.242 e. The monoisotopic (exact) mass is 224 g/mol. The quantitative estimate of drug-likeness (QED) is 0.775. The van der Waals surface area contributed by atoms with Crippen molar-refractivity contribution in [3.05, 3.63) is 0 Å². The van der Waals surface area contributed by atoms with Crippen molar-refractivity contribution in [3.63, 3.8) is 0 Å². The van der Waals surface area contributed by atoms with Crippen LogP contribution in [-0.4, -0.2) is 36.0 Å². The molecule has 2 aliphatic rings. The van der Waals surface area contributed by atoms with Crippen molar-refractivity contribution in [2.45, 2.75) is 57.5 Å². The second-order valence-corrected chi connectivity index (χ2v) is 5.77. The van der Waals surface area contributed by atoms with E-state index in [2.05, 4.69) is 10.2 Å². The number of fused-ring (bicyclic) bond motifs is 1. The number of rotatable bonds is 2. The van der Waals surface area contributed by atoms with Crippen LogP contribution in [0.2, 0.25) is 0 Å². The third-order valence-corrected chi connectivity index (χ3v) is 4.41. The largest absolute Gasteiger partial charge is 0.338 e. The summed E-state index contributed by atoms with van der Waals surface area (Å²) < 4.78 is 0. The van der Waals surface area contributed by atoms with Gasteiger partial charge in [-0.05, 0) is 52.5 Å². The SMILES string of the molecule is CNC(C)(C)C(=O)N1CCCC2CCCC21. The zero-order valence-electron chi connectivity index (χ0n) is 10.8. The van der Waals surface area contributed by atoms with E-state index in [1.165, 1.54) is 32.1 Å². The molecule has 1 heterocycles. The van der Waals surface area contributed by atoms with Gasteiger partial charge >= 0.3 is 0 Å². The second-order valence-electron chi connectivity index (χ2n) is 5.77. The third-order valence-electron chi connectivity index (χ3n) is 4.41. The van der Waals surface area contributed by atoms with Crippen molar-refractivity contribution in [3.8, 4) is 0 Å². The van der Waals surface area contributed by atoms with Crippen LogP contribution < -0.4 is 5.32 Å². The predicted octanol–water partition coefficient (Wildman–Crippen LogP) is 1.78. The van der Waals surface area contributed by atoms with Crippen LogP contribution in [0.25, 0.3) is 0 Å². The number of likely N-dealkylation sites (N-methyl/N-ethyl adjacent to an activating group) is 1. The molecule has 0 aromatic rings. The average molecular weight is 224 g/mol. The Balaban J connectivity index is 2.11. The maximum absolute atomic E-state index is 12.5. The minimum absolute atomic E-state index is 0.284. The lowest BCUT2D eigenvalue weighted by atomic mass is 9.90. The molecule has 1 amide bonds. The smallest absolute Gasteiger partial charge is 0.242 e. The summed E-state index contributed by atoms with van der Waals surface area (Å²) in [6.07, 6.45) is 6.37. The summed E-state index contributed by atoms with van der Waals surface area (Å²) in [5, 5.41) is 3.13. The summed E-state index contributed by atoms with van der Waals surface area (Å²) in [5.41, 5.74) is -0.412. The number of nitrogens with zero attached hydrogens (tertiary/aromatic N) is 1. The Labute approximate surface area is 98.6 Å². The molecule has 16 heavy (non-hydrogen) atoms. The number of likely N-dealkylation sites (tertiary alicyclic amines) is 1. The molecule has 0 aromatic carbocycles. The first-order chi connectivity index (χ1) is 7.56. The summed E-state index contributed by atoms with van der Waals surface area (Å²) in [6, 6.07) is 0.536. The molecular formula is C13H24N2O. The van der Waals surface area contributed by atoms with Crippen LogP contribution in [0, 0.1) is 5.92 Å². The highest BCUT2D eigenvalue weighted by Gasteiger charge is 2.41. The molecule has 2 unspecified atom stereocenters. The van der Waals surface area contributed by atoms with Crippen molar-refractivity contribution in [2.24, 2.45) is 5.92 Å². The standard InChI is InChI=1S/C13H24N2O/c1-13(2,14-3)12(16)15-9-5-7-10-6-4-8-11(10)15/h10-11,14H,4-9H2,1-3H3. The van der Waals surface area contributed by atoms with Gasteiger partial charge in [-0.2, -0.15) is 0 Å². The molecule has 0 aromatic heterocycles. The predicted molar refractivity (Wildman–Crippen MR) is 65.2 cm³/mol. The van der Waals surface area contributed by atoms with Crippen LogP contribution in [0.5, 0.6) is 0 Å². The van der Waals surface area contributed by atoms with E-state index in [9.17, 15) is 4.79 Å². The third kappa shape index (κ3) is 1.97. The highest BCUT2D eigenvalue weighted by Crippen LogP contribution is 2.37. The Hall–Kier alpha value is -0.570. The zero-order valence-corrected chi connectivity index (χ0v) is 10.8. The van der Waals surface area contributed by atoms with E-state index in [4.69, 9.17) is 0 Å². The lowest BCUT2D eigenvalue weighted by molar-refractivity contribution is -0.141. The van der Waals surface area contributed by atoms with Gasteiger partial charge < -0.3 is 10.2 Å². The number of carbonyl (C=O) groups excluding carboxylic acids is 1. The Morgan fingerprint density at radius 2 is 1.94 bits per heavy atom. The minimum atomic E-state index is -0.412. The Morgan fingerprint density at radius 3 is 2.62 bits per heavy atom. The maximum atomic E-state index is 12.5. The molecule has 2 atom stereocenters. The van der Waals surface area contributed by atoms with Gasteiger partial charge in [0.25, 0.3) is 0 Å². The van der Waals surface area contributed by atoms with E-state index >= 15 is 0 Å². The Kier molecular flexibility index (Phi) is 3.24. The fourth-order valence-electron chi connectivity index (χ4n) is 3.17. The van der Waals surface area contributed by atoms with Crippen molar-refractivity contribution in [1.82, 2.24) is 10.2 Å². The molecule has 1 aliphatic carbocycles. The summed E-state index contributed by atoms with van der Waals surface area (Å²) in [6.45, 7) is 4.92. The second kappa shape index (κ2) is 4.36. The van der Waals surface area contributed by atoms with Gasteiger partial charge in [-0.3, -0.25) is 4.79 Å². The van der Waals surface area contributed by atoms with Crippen LogP contribution in [0.1, 0.15) is 46.0 Å². The van der Waals surface area contributed by atoms with Crippen molar-refractivity contribution in [1.29, 1.82) is 0 Å². The molecule has 1 saturated heterocycles. The molecule has 2 rings (SSSR count). The number of hydrogen-bond acceptors (Lipinski definition) is 2. The van der Waals surface area contributed by atoms with E-state index < -0.39 is 5.54 Å². The van der Waals surface area contributed by atoms with E-state index in [-0.39, 0.29) is 5.91 Å². The van der Waals surface area contributed by atoms with Gasteiger partial charge in [0.05, 0.1) is 5.54 Å². The number of hydrogen-bond donors (Lipinski definition) is 1. The van der Waals surface area contributed by atoms with Gasteiger partial charge in [-0.25, -0.2) is 0 Å². The lowest BCUT2D eigenvalue weighted by Gasteiger charge is -2.41. The molecular weight excluding hydrogens is 200 g/mol. The fraction of sp³-hybridized carbons (Fsp3) is 0.923. The van der Waals surface area contributed by atoms with Crippen molar-refractivity contribution < 1.29 is 4.79 Å². The molecule has 1 N–H and O–H groups in total. The van der Waals surface area contributed by atoms with Gasteiger partial charge in [0.15, 0.2) is 0 Å². The van der Waals surface area contributed by atoms with Crippen molar-refractivity contribution >= 4 is 5.91 Å². The van der Waals surface area contributed by atoms with Gasteiger partial charge in [-0.1, -0.05) is 6.42 Å². The first kappa shape index (κ1) is 11.9. The van der Waals surface area contributed by atoms with Gasteiger partial charge in [0.1, 0.15) is 0 Å². The van der Waals surface area contributed by atoms with Crippen molar-refractivity contribution in [2.75, 3.05) is 13.6 Å². The van der Waals surface area contributed by atoms with Gasteiger partial charge in [-0.15, -0.1) is 0 Å². The zero-order chi connectivity index (χ0) is 11.8. The highest BCUT2D eigenvalue weighted by atomic mass is 16.2. The summed E-state index contributed by atoms with van der Waals surface area (Å²) >= 11 is 0. The van der Waals surface area contributed by atoms with E-state index in [1.54, 1.807) is 0 Å². The molecule has 3 nitrogen and oxygen atoms in total. The number of piperidine rings is 1. The topological polar surface area (TPSA) is 32.3 Å². The van der Waals surface area contributed by atoms with Crippen LogP contribution in [0.15, 0.2) is 0 Å². The molecule has 92 valence electrons. The molecule has 1 aliphatic heterocycles. The molecule has 3 heteroatoms. The number of amides is 1. The first-order valence-corrected chi connectivity index (χ1v) is 6.56.